The van der Waals surface area contributed by atoms with Gasteiger partial charge >= 0.3 is 0 Å². The molecule has 2 N–H and O–H groups in total. The Morgan fingerprint density at radius 3 is 2.78 bits per heavy atom. The van der Waals surface area contributed by atoms with E-state index < -0.39 is 26.6 Å². The summed E-state index contributed by atoms with van der Waals surface area (Å²) in [5.74, 6) is -2.25. The molecule has 9 heteroatoms. The van der Waals surface area contributed by atoms with E-state index in [-0.39, 0.29) is 23.6 Å². The minimum absolute atomic E-state index is 0.000735. The molecule has 0 radical (unpaired) electrons. The van der Waals surface area contributed by atoms with Crippen molar-refractivity contribution in [2.45, 2.75) is 17.7 Å². The molecule has 0 spiro atoms. The number of hydrogen-bond acceptors (Lipinski definition) is 5. The third-order valence-corrected chi connectivity index (χ3v) is 4.70. The van der Waals surface area contributed by atoms with Crippen molar-refractivity contribution in [1.29, 1.82) is 0 Å². The fraction of sp³-hybridized carbons (Fsp3) is 0.143. The van der Waals surface area contributed by atoms with Crippen molar-refractivity contribution in [1.82, 2.24) is 4.72 Å². The lowest BCUT2D eigenvalue weighted by Gasteiger charge is -2.18. The molecule has 1 aliphatic rings. The van der Waals surface area contributed by atoms with Gasteiger partial charge in [0, 0.05) is 12.1 Å². The summed E-state index contributed by atoms with van der Waals surface area (Å²) < 4.78 is 45.0. The predicted molar refractivity (Wildman–Crippen MR) is 76.7 cm³/mol. The molecule has 1 aliphatic heterocycles. The van der Waals surface area contributed by atoms with Crippen LogP contribution < -0.4 is 10.0 Å². The Morgan fingerprint density at radius 1 is 1.30 bits per heavy atom. The lowest BCUT2D eigenvalue weighted by molar-refractivity contribution is -0.116. The van der Waals surface area contributed by atoms with E-state index in [1.807, 2.05) is 0 Å². The SMILES string of the molecule is O=C1CCc2cc(S(=O)(=O)NC(=O)c3ccoc3)c(F)cc2N1. The average molecular weight is 338 g/mol. The van der Waals surface area contributed by atoms with Crippen LogP contribution in [-0.2, 0) is 21.2 Å². The Bertz CT molecular complexity index is 890. The zero-order valence-corrected chi connectivity index (χ0v) is 12.4. The predicted octanol–water partition coefficient (Wildman–Crippen LogP) is 1.42. The normalized spacial score (nSPS) is 14.0. The number of amides is 2. The molecule has 2 heterocycles. The summed E-state index contributed by atoms with van der Waals surface area (Å²) in [6.07, 6.45) is 2.76. The fourth-order valence-corrected chi connectivity index (χ4v) is 3.30. The maximum atomic E-state index is 14.1. The van der Waals surface area contributed by atoms with Gasteiger partial charge in [0.1, 0.15) is 17.0 Å². The molecule has 2 aromatic rings. The molecule has 0 bridgehead atoms. The Balaban J connectivity index is 1.94. The average Bonchev–Trinajstić information content (AvgIpc) is 3.00. The second kappa shape index (κ2) is 5.51. The monoisotopic (exact) mass is 338 g/mol. The number of carbonyl (C=O) groups is 2. The van der Waals surface area contributed by atoms with Crippen molar-refractivity contribution in [3.05, 3.63) is 47.7 Å². The van der Waals surface area contributed by atoms with Crippen LogP contribution in [0.1, 0.15) is 22.3 Å². The second-order valence-corrected chi connectivity index (χ2v) is 6.59. The van der Waals surface area contributed by atoms with Gasteiger partial charge in [-0.2, -0.15) is 0 Å². The third kappa shape index (κ3) is 2.95. The van der Waals surface area contributed by atoms with Crippen LogP contribution in [0.15, 0.2) is 40.0 Å². The van der Waals surface area contributed by atoms with Crippen LogP contribution in [0.3, 0.4) is 0 Å². The van der Waals surface area contributed by atoms with Crippen molar-refractivity contribution in [3.8, 4) is 0 Å². The first kappa shape index (κ1) is 15.2. The van der Waals surface area contributed by atoms with Crippen molar-refractivity contribution in [2.24, 2.45) is 0 Å². The number of carbonyl (C=O) groups excluding carboxylic acids is 2. The molecule has 2 amide bonds. The van der Waals surface area contributed by atoms with E-state index in [4.69, 9.17) is 4.42 Å². The van der Waals surface area contributed by atoms with Crippen molar-refractivity contribution >= 4 is 27.5 Å². The van der Waals surface area contributed by atoms with Crippen LogP contribution in [0.25, 0.3) is 0 Å². The van der Waals surface area contributed by atoms with Crippen LogP contribution in [0.2, 0.25) is 0 Å². The number of rotatable bonds is 3. The fourth-order valence-electron chi connectivity index (χ4n) is 2.22. The first-order valence-corrected chi connectivity index (χ1v) is 8.07. The highest BCUT2D eigenvalue weighted by molar-refractivity contribution is 7.90. The van der Waals surface area contributed by atoms with Crippen molar-refractivity contribution in [2.75, 3.05) is 5.32 Å². The number of furan rings is 1. The van der Waals surface area contributed by atoms with E-state index in [9.17, 15) is 22.4 Å². The summed E-state index contributed by atoms with van der Waals surface area (Å²) in [6.45, 7) is 0. The molecular formula is C14H11FN2O5S. The molecular weight excluding hydrogens is 327 g/mol. The van der Waals surface area contributed by atoms with Crippen molar-refractivity contribution in [3.63, 3.8) is 0 Å². The van der Waals surface area contributed by atoms with Gasteiger partial charge in [0.2, 0.25) is 5.91 Å². The third-order valence-electron chi connectivity index (χ3n) is 3.35. The Kier molecular flexibility index (Phi) is 3.64. The highest BCUT2D eigenvalue weighted by atomic mass is 32.2. The number of anilines is 1. The molecule has 23 heavy (non-hydrogen) atoms. The number of halogens is 1. The molecule has 1 aromatic heterocycles. The van der Waals surface area contributed by atoms with Gasteiger partial charge in [0.15, 0.2) is 0 Å². The molecule has 0 saturated heterocycles. The number of fused-ring (bicyclic) bond motifs is 1. The first-order valence-electron chi connectivity index (χ1n) is 6.58. The lowest BCUT2D eigenvalue weighted by atomic mass is 10.0. The highest BCUT2D eigenvalue weighted by Crippen LogP contribution is 2.28. The molecule has 0 fully saturated rings. The van der Waals surface area contributed by atoms with E-state index in [0.29, 0.717) is 12.0 Å². The van der Waals surface area contributed by atoms with Gasteiger partial charge in [-0.1, -0.05) is 0 Å². The summed E-state index contributed by atoms with van der Waals surface area (Å²) in [4.78, 5) is 22.4. The Morgan fingerprint density at radius 2 is 2.09 bits per heavy atom. The topological polar surface area (TPSA) is 105 Å². The van der Waals surface area contributed by atoms with Gasteiger partial charge in [-0.15, -0.1) is 0 Å². The van der Waals surface area contributed by atoms with E-state index in [2.05, 4.69) is 5.32 Å². The van der Waals surface area contributed by atoms with Gasteiger partial charge in [0.25, 0.3) is 15.9 Å². The summed E-state index contributed by atoms with van der Waals surface area (Å²) in [5, 5.41) is 2.47. The van der Waals surface area contributed by atoms with Crippen LogP contribution in [0, 0.1) is 5.82 Å². The standard InChI is InChI=1S/C14H11FN2O5S/c15-10-6-11-8(1-2-13(18)16-11)5-12(10)23(20,21)17-14(19)9-3-4-22-7-9/h3-7H,1-2H2,(H,16,18)(H,17,19). The summed E-state index contributed by atoms with van der Waals surface area (Å²) in [5.41, 5.74) is 0.722. The number of nitrogens with one attached hydrogen (secondary N) is 2. The van der Waals surface area contributed by atoms with E-state index in [1.54, 1.807) is 4.72 Å². The smallest absolute Gasteiger partial charge is 0.268 e. The van der Waals surface area contributed by atoms with Gasteiger partial charge in [0.05, 0.1) is 11.8 Å². The molecule has 1 aromatic carbocycles. The Hall–Kier alpha value is -2.68. The van der Waals surface area contributed by atoms with Crippen LogP contribution in [0.5, 0.6) is 0 Å². The van der Waals surface area contributed by atoms with Gasteiger partial charge in [-0.3, -0.25) is 9.59 Å². The van der Waals surface area contributed by atoms with Gasteiger partial charge in [-0.05, 0) is 30.2 Å². The number of sulfonamides is 1. The quantitative estimate of drug-likeness (QED) is 0.880. The zero-order chi connectivity index (χ0) is 16.6. The second-order valence-electron chi connectivity index (χ2n) is 4.93. The Labute approximate surface area is 130 Å². The summed E-state index contributed by atoms with van der Waals surface area (Å²) in [7, 11) is -4.39. The highest BCUT2D eigenvalue weighted by Gasteiger charge is 2.26. The molecule has 0 aliphatic carbocycles. The maximum absolute atomic E-state index is 14.1. The van der Waals surface area contributed by atoms with E-state index >= 15 is 0 Å². The maximum Gasteiger partial charge on any atom is 0.268 e. The van der Waals surface area contributed by atoms with E-state index in [0.717, 1.165) is 18.4 Å². The number of aryl methyl sites for hydroxylation is 1. The lowest BCUT2D eigenvalue weighted by Crippen LogP contribution is -2.31. The number of benzene rings is 1. The molecule has 0 unspecified atom stereocenters. The summed E-state index contributed by atoms with van der Waals surface area (Å²) >= 11 is 0. The molecule has 7 nitrogen and oxygen atoms in total. The number of hydrogen-bond donors (Lipinski definition) is 2. The van der Waals surface area contributed by atoms with E-state index in [1.165, 1.54) is 12.3 Å². The molecule has 0 saturated carbocycles. The van der Waals surface area contributed by atoms with Crippen LogP contribution >= 0.6 is 0 Å². The van der Waals surface area contributed by atoms with Gasteiger partial charge < -0.3 is 9.73 Å². The van der Waals surface area contributed by atoms with Gasteiger partial charge in [-0.25, -0.2) is 17.5 Å². The molecule has 120 valence electrons. The molecule has 3 rings (SSSR count). The van der Waals surface area contributed by atoms with Crippen molar-refractivity contribution < 1.29 is 26.8 Å². The zero-order valence-electron chi connectivity index (χ0n) is 11.6. The van der Waals surface area contributed by atoms with Crippen LogP contribution in [0.4, 0.5) is 10.1 Å². The minimum Gasteiger partial charge on any atom is -0.472 e. The summed E-state index contributed by atoms with van der Waals surface area (Å²) in [6, 6.07) is 3.34. The first-order chi connectivity index (χ1) is 10.9. The van der Waals surface area contributed by atoms with Crippen LogP contribution in [-0.4, -0.2) is 20.2 Å². The largest absolute Gasteiger partial charge is 0.472 e. The minimum atomic E-state index is -4.39. The molecule has 0 atom stereocenters.